The molecular weight excluding hydrogens is 603 g/mol. The maximum atomic E-state index is 6.20. The lowest BCUT2D eigenvalue weighted by atomic mass is 10.0. The molecule has 0 atom stereocenters. The van der Waals surface area contributed by atoms with Gasteiger partial charge in [0.1, 0.15) is 16.0 Å². The molecule has 0 saturated carbocycles. The van der Waals surface area contributed by atoms with Crippen molar-refractivity contribution >= 4 is 107 Å². The van der Waals surface area contributed by atoms with E-state index in [0.717, 1.165) is 54.4 Å². The van der Waals surface area contributed by atoms with E-state index >= 15 is 0 Å². The van der Waals surface area contributed by atoms with Crippen molar-refractivity contribution in [1.29, 1.82) is 0 Å². The number of hydrogen-bond acceptors (Lipinski definition) is 5. The molecule has 11 rings (SSSR count). The SMILES string of the molecule is c1ccc2c(c1)oc1ccc(-c3nc(-n4c5ccccc5c5ccc6c7ccccc7sc6c54)nc4sc5ccccc5c34)cc12. The number of para-hydroxylation sites is 2. The molecule has 0 unspecified atom stereocenters. The van der Waals surface area contributed by atoms with Crippen molar-refractivity contribution in [2.45, 2.75) is 0 Å². The van der Waals surface area contributed by atoms with Crippen LogP contribution in [0.25, 0.3) is 101 Å². The van der Waals surface area contributed by atoms with Gasteiger partial charge < -0.3 is 4.42 Å². The van der Waals surface area contributed by atoms with Crippen LogP contribution >= 0.6 is 22.7 Å². The van der Waals surface area contributed by atoms with E-state index in [2.05, 4.69) is 120 Å². The summed E-state index contributed by atoms with van der Waals surface area (Å²) in [6, 6.07) is 45.1. The smallest absolute Gasteiger partial charge is 0.236 e. The predicted octanol–water partition coefficient (Wildman–Crippen LogP) is 11.9. The summed E-state index contributed by atoms with van der Waals surface area (Å²) in [5.74, 6) is 0.683. The second kappa shape index (κ2) is 9.01. The zero-order chi connectivity index (χ0) is 29.9. The Hall–Kier alpha value is -5.56. The zero-order valence-electron chi connectivity index (χ0n) is 24.2. The molecule has 4 nitrogen and oxygen atoms in total. The average Bonchev–Trinajstić information content (AvgIpc) is 3.86. The van der Waals surface area contributed by atoms with Gasteiger partial charge in [-0.1, -0.05) is 84.9 Å². The highest BCUT2D eigenvalue weighted by Gasteiger charge is 2.22. The predicted molar refractivity (Wildman–Crippen MR) is 195 cm³/mol. The number of nitrogens with zero attached hydrogens (tertiary/aromatic N) is 3. The van der Waals surface area contributed by atoms with E-state index in [4.69, 9.17) is 14.4 Å². The monoisotopic (exact) mass is 623 g/mol. The van der Waals surface area contributed by atoms with Crippen molar-refractivity contribution < 1.29 is 4.42 Å². The minimum atomic E-state index is 0.683. The third-order valence-corrected chi connectivity index (χ3v) is 11.5. The second-order valence-corrected chi connectivity index (χ2v) is 13.8. The van der Waals surface area contributed by atoms with Crippen LogP contribution in [-0.4, -0.2) is 14.5 Å². The number of furan rings is 1. The molecule has 214 valence electrons. The molecule has 5 heterocycles. The molecule has 0 aliphatic carbocycles. The first kappa shape index (κ1) is 24.7. The Bertz CT molecular complexity index is 3050. The first-order valence-electron chi connectivity index (χ1n) is 15.2. The van der Waals surface area contributed by atoms with Gasteiger partial charge in [-0.05, 0) is 42.5 Å². The first-order valence-corrected chi connectivity index (χ1v) is 16.9. The normalized spacial score (nSPS) is 12.3. The topological polar surface area (TPSA) is 43.9 Å². The molecule has 0 radical (unpaired) electrons. The Labute approximate surface area is 269 Å². The number of rotatable bonds is 2. The first-order chi connectivity index (χ1) is 22.8. The van der Waals surface area contributed by atoms with Crippen LogP contribution in [0.3, 0.4) is 0 Å². The van der Waals surface area contributed by atoms with Gasteiger partial charge >= 0.3 is 0 Å². The standard InChI is InChI=1S/C40H21N3OS2/c1-5-13-30-23(9-1)26-18-19-27-25-11-3-7-15-33(25)45-38(27)37(26)43(30)40-41-36(35-28-12-4-8-16-34(28)46-39(35)42-40)22-17-20-32-29(21-22)24-10-2-6-14-31(24)44-32/h1-21H. The lowest BCUT2D eigenvalue weighted by Crippen LogP contribution is -2.02. The lowest BCUT2D eigenvalue weighted by Gasteiger charge is -2.11. The maximum absolute atomic E-state index is 6.20. The van der Waals surface area contributed by atoms with Crippen molar-refractivity contribution in [2.24, 2.45) is 0 Å². The van der Waals surface area contributed by atoms with Crippen LogP contribution in [0.4, 0.5) is 0 Å². The summed E-state index contributed by atoms with van der Waals surface area (Å²) in [5.41, 5.74) is 6.00. The fourth-order valence-corrected chi connectivity index (χ4v) is 9.54. The molecule has 0 amide bonds. The van der Waals surface area contributed by atoms with E-state index in [1.807, 2.05) is 23.5 Å². The van der Waals surface area contributed by atoms with Gasteiger partial charge in [-0.2, -0.15) is 0 Å². The number of aromatic nitrogens is 3. The van der Waals surface area contributed by atoms with Crippen LogP contribution in [-0.2, 0) is 0 Å². The van der Waals surface area contributed by atoms with E-state index in [1.165, 1.54) is 41.0 Å². The summed E-state index contributed by atoms with van der Waals surface area (Å²) < 4.78 is 12.2. The quantitative estimate of drug-likeness (QED) is 0.192. The van der Waals surface area contributed by atoms with Crippen LogP contribution in [0.2, 0.25) is 0 Å². The molecule has 5 aromatic heterocycles. The average molecular weight is 624 g/mol. The maximum Gasteiger partial charge on any atom is 0.236 e. The number of thiophene rings is 2. The van der Waals surface area contributed by atoms with E-state index in [-0.39, 0.29) is 0 Å². The molecule has 0 aliphatic rings. The summed E-state index contributed by atoms with van der Waals surface area (Å²) in [7, 11) is 0. The summed E-state index contributed by atoms with van der Waals surface area (Å²) in [6.45, 7) is 0. The van der Waals surface area contributed by atoms with E-state index in [1.54, 1.807) is 11.3 Å². The fourth-order valence-electron chi connectivity index (χ4n) is 7.23. The van der Waals surface area contributed by atoms with Gasteiger partial charge in [0.25, 0.3) is 0 Å². The zero-order valence-corrected chi connectivity index (χ0v) is 25.8. The van der Waals surface area contributed by atoms with Crippen LogP contribution < -0.4 is 0 Å². The molecule has 0 saturated heterocycles. The van der Waals surface area contributed by atoms with Gasteiger partial charge in [0, 0.05) is 58.1 Å². The summed E-state index contributed by atoms with van der Waals surface area (Å²) in [6.07, 6.45) is 0. The van der Waals surface area contributed by atoms with Gasteiger partial charge in [-0.15, -0.1) is 22.7 Å². The third kappa shape index (κ3) is 3.27. The molecule has 0 N–H and O–H groups in total. The van der Waals surface area contributed by atoms with E-state index in [0.29, 0.717) is 5.95 Å². The molecule has 6 heteroatoms. The lowest BCUT2D eigenvalue weighted by molar-refractivity contribution is 0.669. The van der Waals surface area contributed by atoms with Crippen LogP contribution in [0.15, 0.2) is 132 Å². The molecule has 0 fully saturated rings. The minimum absolute atomic E-state index is 0.683. The Kier molecular flexibility index (Phi) is 4.84. The van der Waals surface area contributed by atoms with Crippen molar-refractivity contribution in [3.63, 3.8) is 0 Å². The van der Waals surface area contributed by atoms with Gasteiger partial charge in [0.05, 0.1) is 21.4 Å². The minimum Gasteiger partial charge on any atom is -0.456 e. The molecule has 46 heavy (non-hydrogen) atoms. The van der Waals surface area contributed by atoms with Gasteiger partial charge in [-0.25, -0.2) is 9.97 Å². The largest absolute Gasteiger partial charge is 0.456 e. The summed E-state index contributed by atoms with van der Waals surface area (Å²) >= 11 is 3.57. The molecule has 0 bridgehead atoms. The van der Waals surface area contributed by atoms with Gasteiger partial charge in [0.15, 0.2) is 0 Å². The Morgan fingerprint density at radius 1 is 0.522 bits per heavy atom. The highest BCUT2D eigenvalue weighted by Crippen LogP contribution is 2.44. The molecular formula is C40H21N3OS2. The number of fused-ring (bicyclic) bond motifs is 13. The van der Waals surface area contributed by atoms with Gasteiger partial charge in [-0.3, -0.25) is 4.57 Å². The third-order valence-electron chi connectivity index (χ3n) is 9.26. The van der Waals surface area contributed by atoms with Crippen molar-refractivity contribution in [1.82, 2.24) is 14.5 Å². The van der Waals surface area contributed by atoms with Crippen molar-refractivity contribution in [3.05, 3.63) is 127 Å². The number of hydrogen-bond donors (Lipinski definition) is 0. The molecule has 6 aromatic carbocycles. The van der Waals surface area contributed by atoms with Crippen LogP contribution in [0.5, 0.6) is 0 Å². The highest BCUT2D eigenvalue weighted by atomic mass is 32.1. The second-order valence-electron chi connectivity index (χ2n) is 11.7. The summed E-state index contributed by atoms with van der Waals surface area (Å²) in [4.78, 5) is 11.8. The van der Waals surface area contributed by atoms with Crippen LogP contribution in [0.1, 0.15) is 0 Å². The van der Waals surface area contributed by atoms with E-state index < -0.39 is 0 Å². The van der Waals surface area contributed by atoms with Crippen molar-refractivity contribution in [2.75, 3.05) is 0 Å². The van der Waals surface area contributed by atoms with Crippen LogP contribution in [0, 0.1) is 0 Å². The molecule has 0 aliphatic heterocycles. The fraction of sp³-hybridized carbons (Fsp3) is 0. The van der Waals surface area contributed by atoms with E-state index in [9.17, 15) is 0 Å². The molecule has 11 aromatic rings. The Balaban J connectivity index is 1.30. The summed E-state index contributed by atoms with van der Waals surface area (Å²) in [5, 5.41) is 9.41. The number of benzene rings is 6. The Morgan fingerprint density at radius 3 is 2.11 bits per heavy atom. The Morgan fingerprint density at radius 2 is 1.22 bits per heavy atom. The van der Waals surface area contributed by atoms with Gasteiger partial charge in [0.2, 0.25) is 5.95 Å². The highest BCUT2D eigenvalue weighted by molar-refractivity contribution is 7.26. The van der Waals surface area contributed by atoms with Crippen molar-refractivity contribution in [3.8, 4) is 17.2 Å². The molecule has 0 spiro atoms.